The lowest BCUT2D eigenvalue weighted by Gasteiger charge is -2.29. The Bertz CT molecular complexity index is 555. The molecule has 3 rings (SSSR count). The highest BCUT2D eigenvalue weighted by Gasteiger charge is 2.30. The number of Topliss-reactive ketones (excluding diaryl/α,β-unsaturated/α-hetero) is 1. The fraction of sp³-hybridized carbons (Fsp3) is 0.600. The van der Waals surface area contributed by atoms with Gasteiger partial charge in [-0.2, -0.15) is 0 Å². The van der Waals surface area contributed by atoms with E-state index in [9.17, 15) is 4.79 Å². The van der Waals surface area contributed by atoms with Crippen molar-refractivity contribution in [2.24, 2.45) is 5.92 Å². The highest BCUT2D eigenvalue weighted by atomic mass is 32.1. The number of nitrogens with one attached hydrogen (secondary N) is 3. The molecule has 0 spiro atoms. The fourth-order valence-electron chi connectivity index (χ4n) is 2.91. The third kappa shape index (κ3) is 3.20. The van der Waals surface area contributed by atoms with Crippen LogP contribution in [0, 0.1) is 10.7 Å². The summed E-state index contributed by atoms with van der Waals surface area (Å²) in [6, 6.07) is 0. The SMILES string of the molecule is CC.O=C1C2=C(CCC1Cc1c[nH]c(=S)[nH]1)NCCC2. The first kappa shape index (κ1) is 15.0. The summed E-state index contributed by atoms with van der Waals surface area (Å²) >= 11 is 5.01. The predicted molar refractivity (Wildman–Crippen MR) is 83.0 cm³/mol. The molecule has 0 radical (unpaired) electrons. The van der Waals surface area contributed by atoms with Gasteiger partial charge < -0.3 is 15.3 Å². The molecule has 1 aromatic heterocycles. The number of ketones is 1. The molecular formula is C15H23N3OS. The molecule has 0 bridgehead atoms. The van der Waals surface area contributed by atoms with E-state index in [4.69, 9.17) is 12.2 Å². The Morgan fingerprint density at radius 2 is 2.15 bits per heavy atom. The maximum absolute atomic E-state index is 12.4. The van der Waals surface area contributed by atoms with Crippen LogP contribution >= 0.6 is 12.2 Å². The first-order chi connectivity index (χ1) is 9.74. The van der Waals surface area contributed by atoms with Crippen molar-refractivity contribution in [2.75, 3.05) is 6.54 Å². The zero-order valence-electron chi connectivity index (χ0n) is 12.2. The number of aromatic amines is 2. The molecule has 4 nitrogen and oxygen atoms in total. The molecule has 0 saturated heterocycles. The number of hydrogen-bond donors (Lipinski definition) is 3. The second-order valence-electron chi connectivity index (χ2n) is 5.06. The van der Waals surface area contributed by atoms with Gasteiger partial charge in [-0.15, -0.1) is 0 Å². The summed E-state index contributed by atoms with van der Waals surface area (Å²) in [5.74, 6) is 0.453. The van der Waals surface area contributed by atoms with Gasteiger partial charge in [-0.05, 0) is 44.3 Å². The van der Waals surface area contributed by atoms with Crippen LogP contribution in [-0.2, 0) is 11.2 Å². The van der Waals surface area contributed by atoms with Crippen LogP contribution in [0.5, 0.6) is 0 Å². The number of carbonyl (C=O) groups is 1. The molecule has 1 aliphatic carbocycles. The van der Waals surface area contributed by atoms with Crippen LogP contribution < -0.4 is 5.32 Å². The van der Waals surface area contributed by atoms with Crippen molar-refractivity contribution in [1.29, 1.82) is 0 Å². The number of rotatable bonds is 2. The molecule has 1 atom stereocenters. The van der Waals surface area contributed by atoms with E-state index in [2.05, 4.69) is 15.3 Å². The Morgan fingerprint density at radius 1 is 1.35 bits per heavy atom. The molecule has 5 heteroatoms. The molecule has 2 heterocycles. The van der Waals surface area contributed by atoms with Crippen LogP contribution in [0.15, 0.2) is 17.5 Å². The summed E-state index contributed by atoms with van der Waals surface area (Å²) in [7, 11) is 0. The lowest BCUT2D eigenvalue weighted by atomic mass is 9.80. The van der Waals surface area contributed by atoms with Gasteiger partial charge in [-0.1, -0.05) is 13.8 Å². The maximum Gasteiger partial charge on any atom is 0.174 e. The minimum atomic E-state index is 0.116. The molecule has 0 aromatic carbocycles. The van der Waals surface area contributed by atoms with Gasteiger partial charge in [-0.25, -0.2) is 0 Å². The van der Waals surface area contributed by atoms with Gasteiger partial charge >= 0.3 is 0 Å². The van der Waals surface area contributed by atoms with Crippen LogP contribution in [0.25, 0.3) is 0 Å². The van der Waals surface area contributed by atoms with Crippen LogP contribution in [0.3, 0.4) is 0 Å². The van der Waals surface area contributed by atoms with E-state index in [1.807, 2.05) is 20.0 Å². The van der Waals surface area contributed by atoms with Gasteiger partial charge in [0.1, 0.15) is 0 Å². The third-order valence-electron chi connectivity index (χ3n) is 3.84. The van der Waals surface area contributed by atoms with E-state index in [0.29, 0.717) is 10.6 Å². The van der Waals surface area contributed by atoms with Crippen molar-refractivity contribution in [2.45, 2.75) is 46.0 Å². The van der Waals surface area contributed by atoms with Gasteiger partial charge in [0.25, 0.3) is 0 Å². The van der Waals surface area contributed by atoms with Gasteiger partial charge in [0, 0.05) is 35.6 Å². The Labute approximate surface area is 125 Å². The molecule has 2 aliphatic rings. The van der Waals surface area contributed by atoms with Crippen molar-refractivity contribution in [1.82, 2.24) is 15.3 Å². The van der Waals surface area contributed by atoms with E-state index >= 15 is 0 Å². The molecular weight excluding hydrogens is 270 g/mol. The zero-order valence-corrected chi connectivity index (χ0v) is 13.0. The molecule has 1 aliphatic heterocycles. The highest BCUT2D eigenvalue weighted by molar-refractivity contribution is 7.71. The lowest BCUT2D eigenvalue weighted by molar-refractivity contribution is -0.120. The van der Waals surface area contributed by atoms with E-state index in [0.717, 1.165) is 49.9 Å². The molecule has 0 fully saturated rings. The lowest BCUT2D eigenvalue weighted by Crippen LogP contribution is -2.33. The van der Waals surface area contributed by atoms with Crippen molar-refractivity contribution >= 4 is 18.0 Å². The van der Waals surface area contributed by atoms with Gasteiger partial charge in [0.15, 0.2) is 10.6 Å². The summed E-state index contributed by atoms with van der Waals surface area (Å²) in [4.78, 5) is 18.5. The monoisotopic (exact) mass is 293 g/mol. The number of hydrogen-bond acceptors (Lipinski definition) is 3. The molecule has 20 heavy (non-hydrogen) atoms. The van der Waals surface area contributed by atoms with Crippen LogP contribution in [0.2, 0.25) is 0 Å². The standard InChI is InChI=1S/C13H17N3OS.C2H6/c17-12-8(6-9-7-15-13(18)16-9)3-4-11-10(12)2-1-5-14-11;1-2/h7-8,14H,1-6H2,(H2,15,16,18);1-2H3. The Kier molecular flexibility index (Phi) is 5.17. The van der Waals surface area contributed by atoms with Crippen molar-refractivity contribution < 1.29 is 4.79 Å². The normalized spacial score (nSPS) is 21.7. The van der Waals surface area contributed by atoms with Crippen molar-refractivity contribution in [3.63, 3.8) is 0 Å². The first-order valence-corrected chi connectivity index (χ1v) is 7.91. The topological polar surface area (TPSA) is 60.7 Å². The van der Waals surface area contributed by atoms with Crippen LogP contribution in [-0.4, -0.2) is 22.3 Å². The van der Waals surface area contributed by atoms with Crippen molar-refractivity contribution in [3.8, 4) is 0 Å². The first-order valence-electron chi connectivity index (χ1n) is 7.50. The summed E-state index contributed by atoms with van der Waals surface area (Å²) in [5, 5.41) is 3.37. The summed E-state index contributed by atoms with van der Waals surface area (Å²) < 4.78 is 0.632. The Morgan fingerprint density at radius 3 is 2.85 bits per heavy atom. The minimum absolute atomic E-state index is 0.116. The Hall–Kier alpha value is -1.36. The molecule has 110 valence electrons. The molecule has 1 unspecified atom stereocenters. The number of allylic oxidation sites excluding steroid dienone is 2. The van der Waals surface area contributed by atoms with Gasteiger partial charge in [0.05, 0.1) is 0 Å². The third-order valence-corrected chi connectivity index (χ3v) is 4.06. The predicted octanol–water partition coefficient (Wildman–Crippen LogP) is 3.26. The minimum Gasteiger partial charge on any atom is -0.388 e. The second kappa shape index (κ2) is 6.88. The summed E-state index contributed by atoms with van der Waals surface area (Å²) in [5.41, 5.74) is 3.28. The zero-order chi connectivity index (χ0) is 14.5. The number of carbonyl (C=O) groups excluding carboxylic acids is 1. The van der Waals surface area contributed by atoms with Crippen LogP contribution in [0.4, 0.5) is 0 Å². The summed E-state index contributed by atoms with van der Waals surface area (Å²) in [6.45, 7) is 5.02. The molecule has 0 saturated carbocycles. The molecule has 1 aromatic rings. The van der Waals surface area contributed by atoms with E-state index in [-0.39, 0.29) is 5.92 Å². The quantitative estimate of drug-likeness (QED) is 0.734. The number of H-pyrrole nitrogens is 2. The average Bonchev–Trinajstić information content (AvgIpc) is 2.90. The number of aromatic nitrogens is 2. The number of imidazole rings is 1. The van der Waals surface area contributed by atoms with E-state index in [1.54, 1.807) is 0 Å². The molecule has 0 amide bonds. The second-order valence-corrected chi connectivity index (χ2v) is 5.47. The average molecular weight is 293 g/mol. The van der Waals surface area contributed by atoms with Gasteiger partial charge in [-0.3, -0.25) is 4.79 Å². The summed E-state index contributed by atoms with van der Waals surface area (Å²) in [6.07, 6.45) is 6.61. The largest absolute Gasteiger partial charge is 0.388 e. The smallest absolute Gasteiger partial charge is 0.174 e. The highest BCUT2D eigenvalue weighted by Crippen LogP contribution is 2.31. The van der Waals surface area contributed by atoms with Crippen LogP contribution in [0.1, 0.15) is 45.2 Å². The fourth-order valence-corrected chi connectivity index (χ4v) is 3.10. The molecule has 3 N–H and O–H groups in total. The Balaban J connectivity index is 0.000000704. The maximum atomic E-state index is 12.4. The van der Waals surface area contributed by atoms with E-state index < -0.39 is 0 Å². The van der Waals surface area contributed by atoms with E-state index in [1.165, 1.54) is 5.70 Å². The van der Waals surface area contributed by atoms with Gasteiger partial charge in [0.2, 0.25) is 0 Å². The van der Waals surface area contributed by atoms with Crippen molar-refractivity contribution in [3.05, 3.63) is 27.9 Å².